The number of urea groups is 1. The van der Waals surface area contributed by atoms with E-state index in [0.29, 0.717) is 86.6 Å². The number of imidazole rings is 1. The van der Waals surface area contributed by atoms with Crippen LogP contribution in [0.5, 0.6) is 0 Å². The number of fused-ring (bicyclic) bond motifs is 2. The Labute approximate surface area is 287 Å². The molecule has 2 atom stereocenters. The minimum atomic E-state index is -0.742. The SMILES string of the molecule is NC(=O)N1CCC(CC(=O)N2CCN(C3c4ccc(Cl)cc4CCc4cc(Br)c[n+]([O-])c43)CC2C(=O)NCCCn2ccnc2)CC1. The van der Waals surface area contributed by atoms with Crippen molar-refractivity contribution < 1.29 is 19.1 Å². The largest absolute Gasteiger partial charge is 0.618 e. The minimum absolute atomic E-state index is 0.0722. The summed E-state index contributed by atoms with van der Waals surface area (Å²) in [6, 6.07) is 6.20. The molecule has 2 aromatic heterocycles. The van der Waals surface area contributed by atoms with Crippen LogP contribution in [0, 0.1) is 11.1 Å². The molecular formula is C33H40BrClN8O4. The van der Waals surface area contributed by atoms with E-state index in [1.807, 2.05) is 35.0 Å². The number of likely N-dealkylation sites (tertiary alicyclic amines) is 1. The molecule has 2 fully saturated rings. The van der Waals surface area contributed by atoms with Crippen molar-refractivity contribution in [2.45, 2.75) is 57.2 Å². The molecule has 0 radical (unpaired) electrons. The maximum absolute atomic E-state index is 13.9. The van der Waals surface area contributed by atoms with E-state index in [0.717, 1.165) is 27.8 Å². The van der Waals surface area contributed by atoms with Crippen molar-refractivity contribution in [2.75, 3.05) is 39.3 Å². The average Bonchev–Trinajstić information content (AvgIpc) is 3.52. The number of piperidine rings is 1. The lowest BCUT2D eigenvalue weighted by Gasteiger charge is -2.44. The zero-order chi connectivity index (χ0) is 33.1. The first-order valence-electron chi connectivity index (χ1n) is 16.2. The highest BCUT2D eigenvalue weighted by Gasteiger charge is 2.43. The zero-order valence-corrected chi connectivity index (χ0v) is 28.5. The third-order valence-electron chi connectivity index (χ3n) is 9.68. The number of halogens is 2. The fourth-order valence-electron chi connectivity index (χ4n) is 7.23. The normalized spacial score (nSPS) is 20.3. The van der Waals surface area contributed by atoms with Gasteiger partial charge in [-0.15, -0.1) is 0 Å². The number of primary amides is 1. The van der Waals surface area contributed by atoms with Crippen LogP contribution in [0.15, 0.2) is 53.7 Å². The van der Waals surface area contributed by atoms with Gasteiger partial charge in [-0.1, -0.05) is 17.7 Å². The number of hydrogen-bond donors (Lipinski definition) is 2. The molecule has 2 aliphatic heterocycles. The number of benzene rings is 1. The Balaban J connectivity index is 1.25. The molecule has 47 heavy (non-hydrogen) atoms. The fourth-order valence-corrected chi connectivity index (χ4v) is 7.89. The summed E-state index contributed by atoms with van der Waals surface area (Å²) in [5.41, 5.74) is 9.08. The van der Waals surface area contributed by atoms with Crippen LogP contribution in [0.25, 0.3) is 0 Å². The first kappa shape index (κ1) is 33.2. The second-order valence-electron chi connectivity index (χ2n) is 12.7. The lowest BCUT2D eigenvalue weighted by atomic mass is 9.92. The van der Waals surface area contributed by atoms with Gasteiger partial charge in [-0.2, -0.15) is 4.73 Å². The smallest absolute Gasteiger partial charge is 0.314 e. The Bertz CT molecular complexity index is 1610. The van der Waals surface area contributed by atoms with Crippen molar-refractivity contribution in [3.63, 3.8) is 0 Å². The van der Waals surface area contributed by atoms with Crippen molar-refractivity contribution in [3.05, 3.63) is 86.3 Å². The summed E-state index contributed by atoms with van der Waals surface area (Å²) in [5.74, 6) is -0.177. The average molecular weight is 728 g/mol. The molecule has 1 aromatic carbocycles. The van der Waals surface area contributed by atoms with Crippen molar-refractivity contribution in [2.24, 2.45) is 11.7 Å². The predicted octanol–water partition coefficient (Wildman–Crippen LogP) is 3.02. The number of nitrogens with one attached hydrogen (secondary N) is 1. The van der Waals surface area contributed by atoms with E-state index in [2.05, 4.69) is 31.1 Å². The second kappa shape index (κ2) is 14.6. The highest BCUT2D eigenvalue weighted by molar-refractivity contribution is 9.10. The summed E-state index contributed by atoms with van der Waals surface area (Å²) in [7, 11) is 0. The third-order valence-corrected chi connectivity index (χ3v) is 10.4. The summed E-state index contributed by atoms with van der Waals surface area (Å²) >= 11 is 9.92. The molecule has 3 N–H and O–H groups in total. The number of aromatic nitrogens is 3. The Morgan fingerprint density at radius 1 is 1.11 bits per heavy atom. The molecular weight excluding hydrogens is 688 g/mol. The predicted molar refractivity (Wildman–Crippen MR) is 179 cm³/mol. The Morgan fingerprint density at radius 3 is 2.64 bits per heavy atom. The number of aryl methyl sites for hydroxylation is 3. The molecule has 0 saturated carbocycles. The molecule has 1 aliphatic carbocycles. The molecule has 2 saturated heterocycles. The van der Waals surface area contributed by atoms with Gasteiger partial charge >= 0.3 is 6.03 Å². The number of amides is 4. The van der Waals surface area contributed by atoms with Gasteiger partial charge in [0.2, 0.25) is 17.5 Å². The molecule has 3 aromatic rings. The molecule has 250 valence electrons. The van der Waals surface area contributed by atoms with Crippen LogP contribution in [0.2, 0.25) is 5.02 Å². The van der Waals surface area contributed by atoms with Crippen LogP contribution >= 0.6 is 27.5 Å². The van der Waals surface area contributed by atoms with Gasteiger partial charge < -0.3 is 30.6 Å². The topological polar surface area (TPSA) is 144 Å². The monoisotopic (exact) mass is 726 g/mol. The van der Waals surface area contributed by atoms with Gasteiger partial charge in [-0.3, -0.25) is 14.5 Å². The van der Waals surface area contributed by atoms with Crippen LogP contribution in [-0.4, -0.2) is 87.4 Å². The summed E-state index contributed by atoms with van der Waals surface area (Å²) in [4.78, 5) is 49.0. The first-order valence-corrected chi connectivity index (χ1v) is 17.4. The Kier molecular flexibility index (Phi) is 10.3. The zero-order valence-electron chi connectivity index (χ0n) is 26.2. The summed E-state index contributed by atoms with van der Waals surface area (Å²) in [6.07, 6.45) is 10.7. The fraction of sp³-hybridized carbons (Fsp3) is 0.485. The summed E-state index contributed by atoms with van der Waals surface area (Å²) in [5, 5.41) is 17.3. The molecule has 6 rings (SSSR count). The number of carbonyl (C=O) groups excluding carboxylic acids is 3. The highest BCUT2D eigenvalue weighted by atomic mass is 79.9. The molecule has 4 heterocycles. The highest BCUT2D eigenvalue weighted by Crippen LogP contribution is 2.38. The van der Waals surface area contributed by atoms with E-state index in [4.69, 9.17) is 17.3 Å². The minimum Gasteiger partial charge on any atom is -0.618 e. The molecule has 0 bridgehead atoms. The van der Waals surface area contributed by atoms with E-state index in [-0.39, 0.29) is 24.3 Å². The van der Waals surface area contributed by atoms with Gasteiger partial charge in [0.05, 0.1) is 10.8 Å². The number of hydrogen-bond acceptors (Lipinski definition) is 6. The van der Waals surface area contributed by atoms with Gasteiger partial charge in [0.1, 0.15) is 12.1 Å². The number of nitrogens with zero attached hydrogens (tertiary/aromatic N) is 6. The van der Waals surface area contributed by atoms with Crippen LogP contribution in [-0.2, 0) is 29.0 Å². The molecule has 14 heteroatoms. The van der Waals surface area contributed by atoms with Crippen LogP contribution < -0.4 is 15.8 Å². The van der Waals surface area contributed by atoms with Gasteiger partial charge in [0.15, 0.2) is 6.20 Å². The Hall–Kier alpha value is -3.68. The van der Waals surface area contributed by atoms with Crippen LogP contribution in [0.4, 0.5) is 4.79 Å². The van der Waals surface area contributed by atoms with Crippen molar-refractivity contribution in [1.82, 2.24) is 29.6 Å². The van der Waals surface area contributed by atoms with Gasteiger partial charge in [-0.05, 0) is 83.3 Å². The number of pyridine rings is 1. The number of carbonyl (C=O) groups is 3. The van der Waals surface area contributed by atoms with E-state index < -0.39 is 18.1 Å². The second-order valence-corrected chi connectivity index (χ2v) is 14.0. The van der Waals surface area contributed by atoms with Gasteiger partial charge in [0, 0.05) is 75.2 Å². The van der Waals surface area contributed by atoms with E-state index in [9.17, 15) is 19.6 Å². The van der Waals surface area contributed by atoms with E-state index in [1.54, 1.807) is 22.3 Å². The van der Waals surface area contributed by atoms with Crippen LogP contribution in [0.3, 0.4) is 0 Å². The standard InChI is InChI=1S/C33H40BrClN8O4/c34-25-17-24-3-2-23-18-26(35)4-5-27(23)31(30(24)43(47)19-25)41-14-15-42(29(44)16-22-6-11-40(12-7-22)33(36)46)28(20-41)32(45)38-8-1-10-39-13-9-37-21-39/h4-5,9,13,17-19,21-22,28,31H,1-3,6-8,10-12,14-16,20H2,(H2,36,46)(H,38,45). The maximum atomic E-state index is 13.9. The maximum Gasteiger partial charge on any atom is 0.314 e. The van der Waals surface area contributed by atoms with Crippen LogP contribution in [0.1, 0.15) is 54.1 Å². The first-order chi connectivity index (χ1) is 22.7. The van der Waals surface area contributed by atoms with Gasteiger partial charge in [-0.25, -0.2) is 9.78 Å². The van der Waals surface area contributed by atoms with Crippen molar-refractivity contribution >= 4 is 45.4 Å². The molecule has 2 unspecified atom stereocenters. The summed E-state index contributed by atoms with van der Waals surface area (Å²) < 4.78 is 3.60. The number of rotatable bonds is 8. The lowest BCUT2D eigenvalue weighted by molar-refractivity contribution is -0.617. The quantitative estimate of drug-likeness (QED) is 0.208. The van der Waals surface area contributed by atoms with Crippen molar-refractivity contribution in [1.29, 1.82) is 0 Å². The molecule has 3 aliphatic rings. The van der Waals surface area contributed by atoms with Crippen molar-refractivity contribution in [3.8, 4) is 0 Å². The van der Waals surface area contributed by atoms with Gasteiger partial charge in [0.25, 0.3) is 0 Å². The summed E-state index contributed by atoms with van der Waals surface area (Å²) in [6.45, 7) is 3.30. The van der Waals surface area contributed by atoms with E-state index >= 15 is 0 Å². The molecule has 12 nitrogen and oxygen atoms in total. The van der Waals surface area contributed by atoms with E-state index in [1.165, 1.54) is 6.20 Å². The molecule has 0 spiro atoms. The Morgan fingerprint density at radius 2 is 1.89 bits per heavy atom. The number of piperazine rings is 1. The third kappa shape index (κ3) is 7.57. The number of nitrogens with two attached hydrogens (primary N) is 1. The lowest BCUT2D eigenvalue weighted by Crippen LogP contribution is -2.62. The molecule has 4 amide bonds.